The Morgan fingerprint density at radius 1 is 0.941 bits per heavy atom. The Labute approximate surface area is 106 Å². The van der Waals surface area contributed by atoms with Gasteiger partial charge in [-0.25, -0.2) is 0 Å². The topological polar surface area (TPSA) is 15.3 Å². The minimum absolute atomic E-state index is 0.791. The number of rotatable bonds is 3. The highest BCUT2D eigenvalue weighted by molar-refractivity contribution is 4.96. The van der Waals surface area contributed by atoms with Crippen molar-refractivity contribution in [1.29, 1.82) is 0 Å². The third kappa shape index (κ3) is 2.26. The molecule has 3 unspecified atom stereocenters. The van der Waals surface area contributed by atoms with Gasteiger partial charge in [0, 0.05) is 18.1 Å². The van der Waals surface area contributed by atoms with E-state index in [1.807, 2.05) is 0 Å². The summed E-state index contributed by atoms with van der Waals surface area (Å²) in [5.41, 5.74) is 0. The van der Waals surface area contributed by atoms with Crippen molar-refractivity contribution in [3.8, 4) is 0 Å². The Balaban J connectivity index is 1.54. The van der Waals surface area contributed by atoms with E-state index in [1.54, 1.807) is 6.42 Å². The lowest BCUT2D eigenvalue weighted by Gasteiger charge is -2.40. The highest BCUT2D eigenvalue weighted by atomic mass is 15.2. The van der Waals surface area contributed by atoms with Gasteiger partial charge in [0.25, 0.3) is 0 Å². The van der Waals surface area contributed by atoms with E-state index in [4.69, 9.17) is 0 Å². The lowest BCUT2D eigenvalue weighted by Crippen LogP contribution is -2.46. The molecular weight excluding hydrogens is 208 g/mol. The summed E-state index contributed by atoms with van der Waals surface area (Å²) in [6.45, 7) is 0. The summed E-state index contributed by atoms with van der Waals surface area (Å²) in [5.74, 6) is 2.13. The van der Waals surface area contributed by atoms with Crippen molar-refractivity contribution in [2.75, 3.05) is 14.1 Å². The van der Waals surface area contributed by atoms with Crippen LogP contribution in [0.15, 0.2) is 0 Å². The highest BCUT2D eigenvalue weighted by Crippen LogP contribution is 2.47. The first-order valence-corrected chi connectivity index (χ1v) is 7.67. The normalized spacial score (nSPS) is 45.7. The van der Waals surface area contributed by atoms with Gasteiger partial charge in [-0.05, 0) is 70.9 Å². The Morgan fingerprint density at radius 2 is 1.71 bits per heavy atom. The molecule has 2 bridgehead atoms. The van der Waals surface area contributed by atoms with Gasteiger partial charge in [0.1, 0.15) is 0 Å². The van der Waals surface area contributed by atoms with Gasteiger partial charge in [0.15, 0.2) is 0 Å². The molecule has 0 amide bonds. The lowest BCUT2D eigenvalue weighted by atomic mass is 9.87. The molecule has 0 aromatic heterocycles. The summed E-state index contributed by atoms with van der Waals surface area (Å²) in [6, 6.07) is 2.61. The molecule has 0 radical (unpaired) electrons. The first-order chi connectivity index (χ1) is 8.28. The standard InChI is InChI=1S/C15H28N2/c1-16-13-5-7-14(8-6-13)17(2)15-10-11-3-4-12(15)9-11/h11-16H,3-10H2,1-2H3. The van der Waals surface area contributed by atoms with Crippen LogP contribution in [0.1, 0.15) is 51.4 Å². The molecule has 3 rings (SSSR count). The summed E-state index contributed by atoms with van der Waals surface area (Å²) in [5, 5.41) is 3.44. The second kappa shape index (κ2) is 4.89. The van der Waals surface area contributed by atoms with E-state index in [9.17, 15) is 0 Å². The molecule has 0 aromatic carbocycles. The minimum Gasteiger partial charge on any atom is -0.317 e. The number of nitrogens with one attached hydrogen (secondary N) is 1. The Bertz CT molecular complexity index is 258. The zero-order valence-electron chi connectivity index (χ0n) is 11.5. The SMILES string of the molecule is CNC1CCC(N(C)C2CC3CCC2C3)CC1. The van der Waals surface area contributed by atoms with Gasteiger partial charge in [-0.2, -0.15) is 0 Å². The molecular formula is C15H28N2. The van der Waals surface area contributed by atoms with Gasteiger partial charge in [0.05, 0.1) is 0 Å². The van der Waals surface area contributed by atoms with Crippen molar-refractivity contribution in [2.24, 2.45) is 11.8 Å². The molecule has 0 saturated heterocycles. The molecule has 0 aliphatic heterocycles. The lowest BCUT2D eigenvalue weighted by molar-refractivity contribution is 0.0939. The molecule has 2 heteroatoms. The van der Waals surface area contributed by atoms with E-state index in [-0.39, 0.29) is 0 Å². The van der Waals surface area contributed by atoms with Crippen LogP contribution in [0.2, 0.25) is 0 Å². The van der Waals surface area contributed by atoms with E-state index in [0.29, 0.717) is 0 Å². The maximum absolute atomic E-state index is 3.44. The first-order valence-electron chi connectivity index (χ1n) is 7.67. The van der Waals surface area contributed by atoms with Crippen molar-refractivity contribution < 1.29 is 0 Å². The van der Waals surface area contributed by atoms with E-state index in [1.165, 1.54) is 44.9 Å². The summed E-state index contributed by atoms with van der Waals surface area (Å²) in [7, 11) is 4.53. The second-order valence-electron chi connectivity index (χ2n) is 6.70. The summed E-state index contributed by atoms with van der Waals surface area (Å²) < 4.78 is 0. The van der Waals surface area contributed by atoms with E-state index in [2.05, 4.69) is 24.3 Å². The smallest absolute Gasteiger partial charge is 0.0126 e. The molecule has 0 heterocycles. The molecule has 3 fully saturated rings. The van der Waals surface area contributed by atoms with Gasteiger partial charge in [-0.15, -0.1) is 0 Å². The van der Waals surface area contributed by atoms with Crippen LogP contribution in [0.5, 0.6) is 0 Å². The average molecular weight is 236 g/mol. The summed E-state index contributed by atoms with van der Waals surface area (Å²) in [6.07, 6.45) is 11.7. The van der Waals surface area contributed by atoms with Gasteiger partial charge in [-0.1, -0.05) is 6.42 Å². The van der Waals surface area contributed by atoms with Crippen LogP contribution >= 0.6 is 0 Å². The average Bonchev–Trinajstić information content (AvgIpc) is 3.00. The van der Waals surface area contributed by atoms with E-state index < -0.39 is 0 Å². The quantitative estimate of drug-likeness (QED) is 0.810. The molecule has 3 aliphatic rings. The number of hydrogen-bond acceptors (Lipinski definition) is 2. The molecule has 3 atom stereocenters. The molecule has 17 heavy (non-hydrogen) atoms. The van der Waals surface area contributed by atoms with Gasteiger partial charge >= 0.3 is 0 Å². The zero-order chi connectivity index (χ0) is 11.8. The fraction of sp³-hybridized carbons (Fsp3) is 1.00. The molecule has 3 aliphatic carbocycles. The van der Waals surface area contributed by atoms with Crippen LogP contribution in [-0.4, -0.2) is 37.1 Å². The van der Waals surface area contributed by atoms with Crippen LogP contribution in [-0.2, 0) is 0 Å². The molecule has 98 valence electrons. The predicted octanol–water partition coefficient (Wildman–Crippen LogP) is 2.64. The van der Waals surface area contributed by atoms with Crippen LogP contribution in [0.25, 0.3) is 0 Å². The zero-order valence-corrected chi connectivity index (χ0v) is 11.5. The highest BCUT2D eigenvalue weighted by Gasteiger charge is 2.42. The fourth-order valence-corrected chi connectivity index (χ4v) is 4.75. The maximum atomic E-state index is 3.44. The van der Waals surface area contributed by atoms with Crippen molar-refractivity contribution >= 4 is 0 Å². The third-order valence-corrected chi connectivity index (χ3v) is 5.90. The largest absolute Gasteiger partial charge is 0.317 e. The summed E-state index contributed by atoms with van der Waals surface area (Å²) in [4.78, 5) is 2.77. The van der Waals surface area contributed by atoms with E-state index in [0.717, 1.165) is 30.0 Å². The number of hydrogen-bond donors (Lipinski definition) is 1. The van der Waals surface area contributed by atoms with Gasteiger partial charge in [-0.3, -0.25) is 0 Å². The summed E-state index contributed by atoms with van der Waals surface area (Å²) >= 11 is 0. The van der Waals surface area contributed by atoms with Crippen molar-refractivity contribution in [2.45, 2.75) is 69.5 Å². The Hall–Kier alpha value is -0.0800. The van der Waals surface area contributed by atoms with E-state index >= 15 is 0 Å². The molecule has 0 aromatic rings. The third-order valence-electron chi connectivity index (χ3n) is 5.90. The second-order valence-corrected chi connectivity index (χ2v) is 6.70. The Kier molecular flexibility index (Phi) is 3.45. The van der Waals surface area contributed by atoms with Crippen LogP contribution in [0, 0.1) is 11.8 Å². The van der Waals surface area contributed by atoms with Gasteiger partial charge in [0.2, 0.25) is 0 Å². The predicted molar refractivity (Wildman–Crippen MR) is 72.1 cm³/mol. The number of nitrogens with zero attached hydrogens (tertiary/aromatic N) is 1. The monoisotopic (exact) mass is 236 g/mol. The van der Waals surface area contributed by atoms with Crippen molar-refractivity contribution in [3.05, 3.63) is 0 Å². The van der Waals surface area contributed by atoms with Crippen LogP contribution in [0.4, 0.5) is 0 Å². The maximum Gasteiger partial charge on any atom is 0.0126 e. The first kappa shape index (κ1) is 12.0. The Morgan fingerprint density at radius 3 is 2.24 bits per heavy atom. The van der Waals surface area contributed by atoms with Crippen LogP contribution in [0.3, 0.4) is 0 Å². The van der Waals surface area contributed by atoms with Crippen molar-refractivity contribution in [1.82, 2.24) is 10.2 Å². The molecule has 0 spiro atoms. The number of fused-ring (bicyclic) bond motifs is 2. The van der Waals surface area contributed by atoms with Crippen molar-refractivity contribution in [3.63, 3.8) is 0 Å². The van der Waals surface area contributed by atoms with Gasteiger partial charge < -0.3 is 10.2 Å². The molecule has 2 nitrogen and oxygen atoms in total. The minimum atomic E-state index is 0.791. The fourth-order valence-electron chi connectivity index (χ4n) is 4.75. The molecule has 1 N–H and O–H groups in total. The van der Waals surface area contributed by atoms with Crippen LogP contribution < -0.4 is 5.32 Å². The molecule has 3 saturated carbocycles.